The number of aliphatic hydroxyl groups is 1. The van der Waals surface area contributed by atoms with Gasteiger partial charge in [0.05, 0.1) is 19.3 Å². The zero-order valence-corrected chi connectivity index (χ0v) is 7.41. The van der Waals surface area contributed by atoms with Crippen molar-refractivity contribution in [2.75, 3.05) is 33.0 Å². The van der Waals surface area contributed by atoms with E-state index in [9.17, 15) is 0 Å². The lowest BCUT2D eigenvalue weighted by Gasteiger charge is -2.30. The fourth-order valence-electron chi connectivity index (χ4n) is 1.48. The minimum absolute atomic E-state index is 0.122. The molecule has 1 aliphatic heterocycles. The van der Waals surface area contributed by atoms with Gasteiger partial charge in [-0.15, -0.1) is 0 Å². The Kier molecular flexibility index (Phi) is 4.53. The van der Waals surface area contributed by atoms with Crippen LogP contribution in [0.15, 0.2) is 0 Å². The van der Waals surface area contributed by atoms with Gasteiger partial charge in [0.2, 0.25) is 0 Å². The molecule has 0 spiro atoms. The Bertz CT molecular complexity index is 114. The second kappa shape index (κ2) is 5.48. The van der Waals surface area contributed by atoms with Crippen LogP contribution in [0.1, 0.15) is 12.8 Å². The molecule has 1 aliphatic rings. The topological polar surface area (TPSA) is 58.7 Å². The van der Waals surface area contributed by atoms with Crippen LogP contribution in [0, 0.1) is 0 Å². The predicted octanol–water partition coefficient (Wildman–Crippen LogP) is -0.624. The highest BCUT2D eigenvalue weighted by molar-refractivity contribution is 4.70. The molecule has 0 aliphatic carbocycles. The van der Waals surface area contributed by atoms with E-state index in [1.165, 1.54) is 0 Å². The van der Waals surface area contributed by atoms with E-state index < -0.39 is 0 Å². The Balaban J connectivity index is 2.09. The van der Waals surface area contributed by atoms with E-state index >= 15 is 0 Å². The van der Waals surface area contributed by atoms with Crippen LogP contribution in [0.4, 0.5) is 0 Å². The van der Waals surface area contributed by atoms with Crippen molar-refractivity contribution in [3.63, 3.8) is 0 Å². The summed E-state index contributed by atoms with van der Waals surface area (Å²) in [4.78, 5) is 2.21. The van der Waals surface area contributed by atoms with Gasteiger partial charge in [-0.2, -0.15) is 0 Å². The molecule has 1 heterocycles. The second-order valence-corrected chi connectivity index (χ2v) is 3.09. The summed E-state index contributed by atoms with van der Waals surface area (Å²) in [6.45, 7) is 3.27. The zero-order valence-electron chi connectivity index (χ0n) is 7.41. The van der Waals surface area contributed by atoms with Gasteiger partial charge in [0.15, 0.2) is 0 Å². The molecule has 0 saturated carbocycles. The van der Waals surface area contributed by atoms with Gasteiger partial charge in [0.25, 0.3) is 0 Å². The van der Waals surface area contributed by atoms with Crippen molar-refractivity contribution in [1.82, 2.24) is 4.90 Å². The maximum absolute atomic E-state index is 8.54. The molecule has 0 amide bonds. The van der Waals surface area contributed by atoms with E-state index in [2.05, 4.69) is 4.90 Å². The van der Waals surface area contributed by atoms with Crippen LogP contribution < -0.4 is 5.73 Å². The van der Waals surface area contributed by atoms with Crippen LogP contribution >= 0.6 is 0 Å². The molecule has 1 fully saturated rings. The summed E-state index contributed by atoms with van der Waals surface area (Å²) in [6, 6.07) is 0. The van der Waals surface area contributed by atoms with Gasteiger partial charge in [-0.1, -0.05) is 0 Å². The first-order valence-corrected chi connectivity index (χ1v) is 4.51. The summed E-state index contributed by atoms with van der Waals surface area (Å²) in [6.07, 6.45) is 2.41. The van der Waals surface area contributed by atoms with Gasteiger partial charge in [0.1, 0.15) is 0 Å². The van der Waals surface area contributed by atoms with E-state index in [1.54, 1.807) is 0 Å². The lowest BCUT2D eigenvalue weighted by Crippen LogP contribution is -2.40. The number of rotatable bonds is 4. The van der Waals surface area contributed by atoms with Gasteiger partial charge >= 0.3 is 0 Å². The molecule has 0 radical (unpaired) electrons. The number of aliphatic hydroxyl groups excluding tert-OH is 1. The first-order chi connectivity index (χ1) is 5.86. The maximum atomic E-state index is 8.54. The molecule has 0 aromatic carbocycles. The molecule has 12 heavy (non-hydrogen) atoms. The van der Waals surface area contributed by atoms with Crippen LogP contribution in [0.3, 0.4) is 0 Å². The second-order valence-electron chi connectivity index (χ2n) is 3.09. The highest BCUT2D eigenvalue weighted by Gasteiger charge is 2.17. The summed E-state index contributed by atoms with van der Waals surface area (Å²) in [5.74, 6) is 0. The number of nitrogens with two attached hydrogens (primary N) is 1. The monoisotopic (exact) mass is 174 g/mol. The van der Waals surface area contributed by atoms with Crippen LogP contribution in [0.2, 0.25) is 0 Å². The molecule has 0 atom stereocenters. The molecule has 72 valence electrons. The highest BCUT2D eigenvalue weighted by Crippen LogP contribution is 2.11. The Morgan fingerprint density at radius 2 is 2.08 bits per heavy atom. The smallest absolute Gasteiger partial charge is 0.0701 e. The average molecular weight is 174 g/mol. The fourth-order valence-corrected chi connectivity index (χ4v) is 1.48. The van der Waals surface area contributed by atoms with Crippen molar-refractivity contribution in [3.8, 4) is 0 Å². The number of ether oxygens (including phenoxy) is 1. The van der Waals surface area contributed by atoms with E-state index in [0.717, 1.165) is 25.9 Å². The fraction of sp³-hybridized carbons (Fsp3) is 1.00. The summed E-state index contributed by atoms with van der Waals surface area (Å²) >= 11 is 0. The van der Waals surface area contributed by atoms with E-state index in [-0.39, 0.29) is 6.61 Å². The summed E-state index contributed by atoms with van der Waals surface area (Å²) in [5.41, 5.74) is 5.49. The van der Waals surface area contributed by atoms with Gasteiger partial charge in [-0.3, -0.25) is 4.90 Å². The van der Waals surface area contributed by atoms with Gasteiger partial charge in [0, 0.05) is 19.8 Å². The SMILES string of the molecule is NCN1CCC(OCCO)CC1. The van der Waals surface area contributed by atoms with Crippen molar-refractivity contribution in [1.29, 1.82) is 0 Å². The number of hydrogen-bond acceptors (Lipinski definition) is 4. The molecule has 0 aromatic rings. The molecule has 4 heteroatoms. The summed E-state index contributed by atoms with van der Waals surface area (Å²) in [5, 5.41) is 8.54. The molecule has 0 unspecified atom stereocenters. The Morgan fingerprint density at radius 1 is 1.42 bits per heavy atom. The van der Waals surface area contributed by atoms with Gasteiger partial charge < -0.3 is 15.6 Å². The third-order valence-corrected chi connectivity index (χ3v) is 2.24. The van der Waals surface area contributed by atoms with E-state index in [4.69, 9.17) is 15.6 Å². The number of hydrogen-bond donors (Lipinski definition) is 2. The average Bonchev–Trinajstić information content (AvgIpc) is 2.15. The lowest BCUT2D eigenvalue weighted by molar-refractivity contribution is -0.00727. The van der Waals surface area contributed by atoms with E-state index in [0.29, 0.717) is 19.4 Å². The van der Waals surface area contributed by atoms with Crippen molar-refractivity contribution in [2.45, 2.75) is 18.9 Å². The first kappa shape index (κ1) is 9.92. The largest absolute Gasteiger partial charge is 0.394 e. The van der Waals surface area contributed by atoms with Crippen LogP contribution in [0.25, 0.3) is 0 Å². The molecule has 3 N–H and O–H groups in total. The first-order valence-electron chi connectivity index (χ1n) is 4.51. The molecule has 1 saturated heterocycles. The lowest BCUT2D eigenvalue weighted by atomic mass is 10.1. The molecular formula is C8H18N2O2. The molecule has 4 nitrogen and oxygen atoms in total. The highest BCUT2D eigenvalue weighted by atomic mass is 16.5. The minimum Gasteiger partial charge on any atom is -0.394 e. The summed E-state index contributed by atoms with van der Waals surface area (Å²) in [7, 11) is 0. The number of piperidine rings is 1. The normalized spacial score (nSPS) is 21.5. The van der Waals surface area contributed by atoms with Crippen molar-refractivity contribution in [2.24, 2.45) is 5.73 Å². The minimum atomic E-state index is 0.122. The standard InChI is InChI=1S/C8H18N2O2/c9-7-10-3-1-8(2-4-10)12-6-5-11/h8,11H,1-7,9H2. The molecular weight excluding hydrogens is 156 g/mol. The van der Waals surface area contributed by atoms with Gasteiger partial charge in [-0.25, -0.2) is 0 Å². The maximum Gasteiger partial charge on any atom is 0.0701 e. The number of likely N-dealkylation sites (tertiary alicyclic amines) is 1. The molecule has 0 aromatic heterocycles. The number of nitrogens with zero attached hydrogens (tertiary/aromatic N) is 1. The Labute approximate surface area is 73.3 Å². The van der Waals surface area contributed by atoms with Crippen LogP contribution in [-0.2, 0) is 4.74 Å². The zero-order chi connectivity index (χ0) is 8.81. The summed E-state index contributed by atoms with van der Waals surface area (Å²) < 4.78 is 5.41. The Hall–Kier alpha value is -0.160. The van der Waals surface area contributed by atoms with Crippen molar-refractivity contribution < 1.29 is 9.84 Å². The van der Waals surface area contributed by atoms with Gasteiger partial charge in [-0.05, 0) is 12.8 Å². The quantitative estimate of drug-likeness (QED) is 0.596. The predicted molar refractivity (Wildman–Crippen MR) is 46.7 cm³/mol. The van der Waals surface area contributed by atoms with Crippen molar-refractivity contribution >= 4 is 0 Å². The molecule has 0 bridgehead atoms. The third kappa shape index (κ3) is 3.06. The van der Waals surface area contributed by atoms with Crippen molar-refractivity contribution in [3.05, 3.63) is 0 Å². The third-order valence-electron chi connectivity index (χ3n) is 2.24. The van der Waals surface area contributed by atoms with Crippen LogP contribution in [-0.4, -0.2) is 49.1 Å². The van der Waals surface area contributed by atoms with Crippen LogP contribution in [0.5, 0.6) is 0 Å². The van der Waals surface area contributed by atoms with E-state index in [1.807, 2.05) is 0 Å². The molecule has 1 rings (SSSR count). The Morgan fingerprint density at radius 3 is 2.58 bits per heavy atom.